The van der Waals surface area contributed by atoms with Gasteiger partial charge >= 0.3 is 0 Å². The van der Waals surface area contributed by atoms with E-state index >= 15 is 0 Å². The normalized spacial score (nSPS) is 23.9. The summed E-state index contributed by atoms with van der Waals surface area (Å²) in [6.07, 6.45) is 8.15. The first-order valence-electron chi connectivity index (χ1n) is 7.07. The molecule has 0 bridgehead atoms. The third-order valence-corrected chi connectivity index (χ3v) is 5.16. The lowest BCUT2D eigenvalue weighted by atomic mass is 9.49. The summed E-state index contributed by atoms with van der Waals surface area (Å²) < 4.78 is 5.52. The lowest BCUT2D eigenvalue weighted by Crippen LogP contribution is -2.52. The van der Waals surface area contributed by atoms with Crippen LogP contribution in [0.4, 0.5) is 0 Å². The second-order valence-electron chi connectivity index (χ2n) is 6.25. The van der Waals surface area contributed by atoms with Gasteiger partial charge in [0.2, 0.25) is 0 Å². The van der Waals surface area contributed by atoms with Gasteiger partial charge in [-0.3, -0.25) is 0 Å². The molecule has 1 aromatic rings. The molecule has 0 heterocycles. The molecule has 2 N–H and O–H groups in total. The zero-order chi connectivity index (χ0) is 12.6. The summed E-state index contributed by atoms with van der Waals surface area (Å²) >= 11 is 0. The van der Waals surface area contributed by atoms with Crippen LogP contribution in [0, 0.1) is 5.41 Å². The maximum Gasteiger partial charge on any atom is 0.122 e. The average molecular weight is 245 g/mol. The molecule has 2 nitrogen and oxygen atoms in total. The molecule has 98 valence electrons. The van der Waals surface area contributed by atoms with Crippen molar-refractivity contribution in [3.8, 4) is 5.75 Å². The van der Waals surface area contributed by atoms with E-state index in [0.29, 0.717) is 5.41 Å². The van der Waals surface area contributed by atoms with Gasteiger partial charge in [-0.2, -0.15) is 0 Å². The van der Waals surface area contributed by atoms with E-state index in [0.717, 1.165) is 12.3 Å². The molecular weight excluding hydrogens is 222 g/mol. The molecule has 0 radical (unpaired) electrons. The smallest absolute Gasteiger partial charge is 0.122 e. The van der Waals surface area contributed by atoms with Gasteiger partial charge in [-0.05, 0) is 37.2 Å². The zero-order valence-corrected chi connectivity index (χ0v) is 11.2. The van der Waals surface area contributed by atoms with Crippen molar-refractivity contribution in [1.29, 1.82) is 0 Å². The van der Waals surface area contributed by atoms with Crippen LogP contribution in [0.5, 0.6) is 5.75 Å². The minimum atomic E-state index is 0.178. The third-order valence-electron chi connectivity index (χ3n) is 5.16. The van der Waals surface area contributed by atoms with Crippen LogP contribution in [-0.2, 0) is 5.41 Å². The third kappa shape index (κ3) is 1.66. The molecule has 0 saturated heterocycles. The molecule has 2 aliphatic rings. The van der Waals surface area contributed by atoms with E-state index in [1.165, 1.54) is 44.1 Å². The van der Waals surface area contributed by atoms with Crippen LogP contribution >= 0.6 is 0 Å². The predicted octanol–water partition coefficient (Wildman–Crippen LogP) is 3.25. The van der Waals surface area contributed by atoms with Gasteiger partial charge in [-0.1, -0.05) is 31.0 Å². The number of hydrogen-bond acceptors (Lipinski definition) is 2. The average Bonchev–Trinajstić information content (AvgIpc) is 2.85. The van der Waals surface area contributed by atoms with E-state index in [2.05, 4.69) is 18.2 Å². The molecule has 0 unspecified atom stereocenters. The fourth-order valence-corrected chi connectivity index (χ4v) is 4.39. The summed E-state index contributed by atoms with van der Waals surface area (Å²) in [6, 6.07) is 8.41. The lowest BCUT2D eigenvalue weighted by molar-refractivity contribution is 0.0313. The summed E-state index contributed by atoms with van der Waals surface area (Å²) in [5, 5.41) is 0. The van der Waals surface area contributed by atoms with Crippen LogP contribution in [0.15, 0.2) is 24.3 Å². The maximum atomic E-state index is 6.12. The fraction of sp³-hybridized carbons (Fsp3) is 0.625. The van der Waals surface area contributed by atoms with Crippen molar-refractivity contribution in [3.63, 3.8) is 0 Å². The molecule has 0 amide bonds. The Labute approximate surface area is 110 Å². The SMILES string of the molecule is COc1ccccc1C1(CN)CC2(CCCC2)C1. The molecule has 2 heteroatoms. The van der Waals surface area contributed by atoms with Crippen LogP contribution in [0.25, 0.3) is 0 Å². The Morgan fingerprint density at radius 2 is 1.83 bits per heavy atom. The molecule has 1 spiro atoms. The fourth-order valence-electron chi connectivity index (χ4n) is 4.39. The maximum absolute atomic E-state index is 6.12. The number of methoxy groups -OCH3 is 1. The predicted molar refractivity (Wildman–Crippen MR) is 73.9 cm³/mol. The molecule has 0 atom stereocenters. The van der Waals surface area contributed by atoms with Crippen molar-refractivity contribution in [2.45, 2.75) is 43.9 Å². The van der Waals surface area contributed by atoms with Crippen LogP contribution < -0.4 is 10.5 Å². The van der Waals surface area contributed by atoms with Crippen molar-refractivity contribution in [3.05, 3.63) is 29.8 Å². The van der Waals surface area contributed by atoms with Gasteiger partial charge in [-0.25, -0.2) is 0 Å². The topological polar surface area (TPSA) is 35.2 Å². The van der Waals surface area contributed by atoms with Crippen LogP contribution in [-0.4, -0.2) is 13.7 Å². The molecule has 0 aromatic heterocycles. The Morgan fingerprint density at radius 3 is 2.44 bits per heavy atom. The standard InChI is InChI=1S/C16H23NO/c1-18-14-7-3-2-6-13(14)16(12-17)10-15(11-16)8-4-5-9-15/h2-3,6-7H,4-5,8-12,17H2,1H3. The van der Waals surface area contributed by atoms with Crippen molar-refractivity contribution in [2.24, 2.45) is 11.1 Å². The van der Waals surface area contributed by atoms with Crippen molar-refractivity contribution in [2.75, 3.05) is 13.7 Å². The quantitative estimate of drug-likeness (QED) is 0.887. The highest BCUT2D eigenvalue weighted by Gasteiger charge is 2.55. The summed E-state index contributed by atoms with van der Waals surface area (Å²) in [7, 11) is 1.76. The summed E-state index contributed by atoms with van der Waals surface area (Å²) in [4.78, 5) is 0. The Hall–Kier alpha value is -1.02. The van der Waals surface area contributed by atoms with Gasteiger partial charge in [0.1, 0.15) is 5.75 Å². The number of para-hydroxylation sites is 1. The molecular formula is C16H23NO. The molecule has 18 heavy (non-hydrogen) atoms. The van der Waals surface area contributed by atoms with E-state index in [4.69, 9.17) is 10.5 Å². The Balaban J connectivity index is 1.89. The largest absolute Gasteiger partial charge is 0.496 e. The van der Waals surface area contributed by atoms with Crippen molar-refractivity contribution < 1.29 is 4.74 Å². The monoisotopic (exact) mass is 245 g/mol. The number of nitrogens with two attached hydrogens (primary N) is 1. The van der Waals surface area contributed by atoms with Gasteiger partial charge in [0.25, 0.3) is 0 Å². The molecule has 0 aliphatic heterocycles. The Bertz CT molecular complexity index is 426. The van der Waals surface area contributed by atoms with Gasteiger partial charge in [-0.15, -0.1) is 0 Å². The van der Waals surface area contributed by atoms with E-state index in [-0.39, 0.29) is 5.41 Å². The molecule has 2 saturated carbocycles. The lowest BCUT2D eigenvalue weighted by Gasteiger charge is -2.55. The second kappa shape index (κ2) is 4.27. The first kappa shape index (κ1) is 12.0. The number of ether oxygens (including phenoxy) is 1. The van der Waals surface area contributed by atoms with Crippen molar-refractivity contribution >= 4 is 0 Å². The van der Waals surface area contributed by atoms with Gasteiger partial charge < -0.3 is 10.5 Å². The van der Waals surface area contributed by atoms with Gasteiger partial charge in [0.05, 0.1) is 7.11 Å². The van der Waals surface area contributed by atoms with E-state index in [1.807, 2.05) is 6.07 Å². The Kier molecular flexibility index (Phi) is 2.86. The van der Waals surface area contributed by atoms with Gasteiger partial charge in [0.15, 0.2) is 0 Å². The summed E-state index contributed by atoms with van der Waals surface area (Å²) in [5.41, 5.74) is 8.24. The summed E-state index contributed by atoms with van der Waals surface area (Å²) in [5.74, 6) is 1.01. The highest BCUT2D eigenvalue weighted by molar-refractivity contribution is 5.43. The molecule has 2 aliphatic carbocycles. The van der Waals surface area contributed by atoms with Crippen molar-refractivity contribution in [1.82, 2.24) is 0 Å². The minimum Gasteiger partial charge on any atom is -0.496 e. The zero-order valence-electron chi connectivity index (χ0n) is 11.2. The molecule has 1 aromatic carbocycles. The summed E-state index contributed by atoms with van der Waals surface area (Å²) in [6.45, 7) is 0.745. The first-order chi connectivity index (χ1) is 8.74. The van der Waals surface area contributed by atoms with E-state index in [1.54, 1.807) is 7.11 Å². The van der Waals surface area contributed by atoms with Gasteiger partial charge in [0, 0.05) is 17.5 Å². The molecule has 3 rings (SSSR count). The van der Waals surface area contributed by atoms with Crippen LogP contribution in [0.3, 0.4) is 0 Å². The number of benzene rings is 1. The Morgan fingerprint density at radius 1 is 1.17 bits per heavy atom. The van der Waals surface area contributed by atoms with E-state index in [9.17, 15) is 0 Å². The van der Waals surface area contributed by atoms with E-state index < -0.39 is 0 Å². The van der Waals surface area contributed by atoms with Crippen LogP contribution in [0.2, 0.25) is 0 Å². The van der Waals surface area contributed by atoms with Crippen LogP contribution in [0.1, 0.15) is 44.1 Å². The highest BCUT2D eigenvalue weighted by atomic mass is 16.5. The number of hydrogen-bond donors (Lipinski definition) is 1. The first-order valence-corrected chi connectivity index (χ1v) is 7.07. The molecule has 2 fully saturated rings. The minimum absolute atomic E-state index is 0.178. The highest BCUT2D eigenvalue weighted by Crippen LogP contribution is 2.63. The number of rotatable bonds is 3. The second-order valence-corrected chi connectivity index (χ2v) is 6.25.